The zero-order valence-electron chi connectivity index (χ0n) is 10.5. The highest BCUT2D eigenvalue weighted by molar-refractivity contribution is 5.85. The first kappa shape index (κ1) is 17.1. The third kappa shape index (κ3) is 5.06. The molecule has 0 aliphatic rings. The van der Waals surface area contributed by atoms with Crippen molar-refractivity contribution in [1.82, 2.24) is 4.90 Å². The van der Waals surface area contributed by atoms with Crippen LogP contribution in [0.4, 0.5) is 17.1 Å². The van der Waals surface area contributed by atoms with E-state index in [4.69, 9.17) is 0 Å². The van der Waals surface area contributed by atoms with Gasteiger partial charge in [0.05, 0.1) is 9.85 Å². The van der Waals surface area contributed by atoms with Crippen molar-refractivity contribution in [2.24, 2.45) is 0 Å². The topological polar surface area (TPSA) is 102 Å². The first-order valence-electron chi connectivity index (χ1n) is 5.23. The molecule has 1 aromatic carbocycles. The number of hydrogen-bond donors (Lipinski definition) is 1. The van der Waals surface area contributed by atoms with Gasteiger partial charge in [0, 0.05) is 31.3 Å². The van der Waals surface area contributed by atoms with Crippen LogP contribution >= 0.6 is 12.4 Å². The lowest BCUT2D eigenvalue weighted by Gasteiger charge is -2.11. The number of anilines is 1. The predicted octanol–water partition coefficient (Wildman–Crippen LogP) is 1.90. The maximum Gasteiger partial charge on any atom is 0.292 e. The molecule has 0 unspecified atom stereocenters. The molecule has 0 amide bonds. The van der Waals surface area contributed by atoms with Crippen molar-refractivity contribution in [1.29, 1.82) is 0 Å². The van der Waals surface area contributed by atoms with Gasteiger partial charge in [-0.05, 0) is 14.1 Å². The van der Waals surface area contributed by atoms with E-state index >= 15 is 0 Å². The van der Waals surface area contributed by atoms with Crippen molar-refractivity contribution in [3.05, 3.63) is 38.4 Å². The smallest absolute Gasteiger partial charge is 0.292 e. The average Bonchev–Trinajstić information content (AvgIpc) is 2.27. The Bertz CT molecular complexity index is 467. The molecule has 0 spiro atoms. The molecule has 0 heterocycles. The minimum atomic E-state index is -0.582. The largest absolute Gasteiger partial charge is 0.378 e. The highest BCUT2D eigenvalue weighted by Gasteiger charge is 2.17. The zero-order valence-corrected chi connectivity index (χ0v) is 11.3. The van der Waals surface area contributed by atoms with Gasteiger partial charge >= 0.3 is 0 Å². The van der Waals surface area contributed by atoms with E-state index in [1.807, 2.05) is 19.0 Å². The van der Waals surface area contributed by atoms with Gasteiger partial charge in [-0.1, -0.05) is 0 Å². The molecule has 1 rings (SSSR count). The Morgan fingerprint density at radius 1 is 1.21 bits per heavy atom. The van der Waals surface area contributed by atoms with Gasteiger partial charge in [-0.3, -0.25) is 20.2 Å². The fourth-order valence-corrected chi connectivity index (χ4v) is 1.35. The molecule has 0 bridgehead atoms. The van der Waals surface area contributed by atoms with Gasteiger partial charge < -0.3 is 10.2 Å². The van der Waals surface area contributed by atoms with E-state index in [0.29, 0.717) is 13.1 Å². The maximum atomic E-state index is 10.8. The van der Waals surface area contributed by atoms with Gasteiger partial charge in [0.15, 0.2) is 0 Å². The molecule has 8 nitrogen and oxygen atoms in total. The highest BCUT2D eigenvalue weighted by Crippen LogP contribution is 2.28. The second-order valence-electron chi connectivity index (χ2n) is 3.95. The molecule has 9 heteroatoms. The van der Waals surface area contributed by atoms with Crippen LogP contribution in [0.3, 0.4) is 0 Å². The van der Waals surface area contributed by atoms with Crippen LogP contribution in [0.1, 0.15) is 0 Å². The predicted molar refractivity (Wildman–Crippen MR) is 74.0 cm³/mol. The van der Waals surface area contributed by atoms with Gasteiger partial charge in [0.1, 0.15) is 5.69 Å². The molecule has 106 valence electrons. The average molecular weight is 291 g/mol. The monoisotopic (exact) mass is 290 g/mol. The fourth-order valence-electron chi connectivity index (χ4n) is 1.35. The van der Waals surface area contributed by atoms with Gasteiger partial charge in [0.2, 0.25) is 0 Å². The van der Waals surface area contributed by atoms with Gasteiger partial charge in [-0.2, -0.15) is 0 Å². The minimum absolute atomic E-state index is 0. The van der Waals surface area contributed by atoms with E-state index in [1.54, 1.807) is 0 Å². The number of hydrogen-bond acceptors (Lipinski definition) is 6. The third-order valence-electron chi connectivity index (χ3n) is 2.26. The Hall–Kier alpha value is -1.93. The molecule has 0 atom stereocenters. The normalized spacial score (nSPS) is 9.84. The molecule has 0 saturated carbocycles. The number of halogens is 1. The number of nitro benzene ring substituents is 2. The summed E-state index contributed by atoms with van der Waals surface area (Å²) in [4.78, 5) is 22.2. The van der Waals surface area contributed by atoms with E-state index < -0.39 is 9.85 Å². The molecule has 1 aromatic rings. The lowest BCUT2D eigenvalue weighted by Crippen LogP contribution is -2.21. The summed E-state index contributed by atoms with van der Waals surface area (Å²) in [5, 5.41) is 24.2. The van der Waals surface area contributed by atoms with Crippen molar-refractivity contribution in [3.63, 3.8) is 0 Å². The number of rotatable bonds is 6. The summed E-state index contributed by atoms with van der Waals surface area (Å²) in [6, 6.07) is 3.43. The maximum absolute atomic E-state index is 10.8. The Morgan fingerprint density at radius 2 is 1.84 bits per heavy atom. The van der Waals surface area contributed by atoms with Crippen LogP contribution in [-0.2, 0) is 0 Å². The molecule has 1 N–H and O–H groups in total. The summed E-state index contributed by atoms with van der Waals surface area (Å²) in [5.74, 6) is 0. The summed E-state index contributed by atoms with van der Waals surface area (Å²) >= 11 is 0. The summed E-state index contributed by atoms with van der Waals surface area (Å²) in [5.41, 5.74) is -0.177. The number of nitrogens with one attached hydrogen (secondary N) is 1. The van der Waals surface area contributed by atoms with Crippen molar-refractivity contribution in [2.75, 3.05) is 32.5 Å². The molecule has 19 heavy (non-hydrogen) atoms. The van der Waals surface area contributed by atoms with E-state index in [-0.39, 0.29) is 29.5 Å². The van der Waals surface area contributed by atoms with Gasteiger partial charge in [-0.15, -0.1) is 12.4 Å². The first-order valence-corrected chi connectivity index (χ1v) is 5.23. The number of benzene rings is 1. The van der Waals surface area contributed by atoms with E-state index in [2.05, 4.69) is 5.32 Å². The Labute approximate surface area is 116 Å². The van der Waals surface area contributed by atoms with Crippen LogP contribution in [0.2, 0.25) is 0 Å². The SMILES string of the molecule is CN(C)CCNc1cc([N+](=O)[O-])ccc1[N+](=O)[O-].Cl. The molecule has 0 aliphatic heterocycles. The van der Waals surface area contributed by atoms with Crippen molar-refractivity contribution < 1.29 is 9.85 Å². The van der Waals surface area contributed by atoms with Crippen LogP contribution in [-0.4, -0.2) is 41.9 Å². The van der Waals surface area contributed by atoms with Crippen LogP contribution in [0.25, 0.3) is 0 Å². The van der Waals surface area contributed by atoms with E-state index in [1.165, 1.54) is 6.07 Å². The van der Waals surface area contributed by atoms with Crippen LogP contribution in [0, 0.1) is 20.2 Å². The Morgan fingerprint density at radius 3 is 2.32 bits per heavy atom. The number of nitrogens with zero attached hydrogens (tertiary/aromatic N) is 3. The molecule has 0 aliphatic carbocycles. The molecular formula is C10H15ClN4O4. The summed E-state index contributed by atoms with van der Waals surface area (Å²) in [6.07, 6.45) is 0. The van der Waals surface area contributed by atoms with Crippen LogP contribution in [0.15, 0.2) is 18.2 Å². The summed E-state index contributed by atoms with van der Waals surface area (Å²) in [6.45, 7) is 1.13. The van der Waals surface area contributed by atoms with E-state index in [9.17, 15) is 20.2 Å². The summed E-state index contributed by atoms with van der Waals surface area (Å²) in [7, 11) is 3.73. The number of likely N-dealkylation sites (N-methyl/N-ethyl adjacent to an activating group) is 1. The standard InChI is InChI=1S/C10H14N4O4.ClH/c1-12(2)6-5-11-9-7-8(13(15)16)3-4-10(9)14(17)18;/h3-4,7,11H,5-6H2,1-2H3;1H. The highest BCUT2D eigenvalue weighted by atomic mass is 35.5. The second-order valence-corrected chi connectivity index (χ2v) is 3.95. The Kier molecular flexibility index (Phi) is 6.73. The zero-order chi connectivity index (χ0) is 13.7. The van der Waals surface area contributed by atoms with Crippen molar-refractivity contribution in [3.8, 4) is 0 Å². The second kappa shape index (κ2) is 7.49. The quantitative estimate of drug-likeness (QED) is 0.634. The van der Waals surface area contributed by atoms with Crippen LogP contribution in [0.5, 0.6) is 0 Å². The van der Waals surface area contributed by atoms with E-state index in [0.717, 1.165) is 12.1 Å². The molecular weight excluding hydrogens is 276 g/mol. The molecule has 0 fully saturated rings. The van der Waals surface area contributed by atoms with Crippen LogP contribution < -0.4 is 5.32 Å². The fraction of sp³-hybridized carbons (Fsp3) is 0.400. The molecule has 0 aromatic heterocycles. The first-order chi connectivity index (χ1) is 8.41. The minimum Gasteiger partial charge on any atom is -0.378 e. The lowest BCUT2D eigenvalue weighted by atomic mass is 10.2. The van der Waals surface area contributed by atoms with Gasteiger partial charge in [-0.25, -0.2) is 0 Å². The molecule has 0 saturated heterocycles. The number of nitro groups is 2. The molecule has 0 radical (unpaired) electrons. The van der Waals surface area contributed by atoms with Gasteiger partial charge in [0.25, 0.3) is 11.4 Å². The van der Waals surface area contributed by atoms with Crippen molar-refractivity contribution >= 4 is 29.5 Å². The van der Waals surface area contributed by atoms with Crippen molar-refractivity contribution in [2.45, 2.75) is 0 Å². The Balaban J connectivity index is 0.00000324. The summed E-state index contributed by atoms with van der Waals surface area (Å²) < 4.78 is 0. The third-order valence-corrected chi connectivity index (χ3v) is 2.26. The number of non-ortho nitro benzene ring substituents is 1. The lowest BCUT2D eigenvalue weighted by molar-refractivity contribution is -0.388.